The van der Waals surface area contributed by atoms with E-state index in [1.807, 2.05) is 0 Å². The molecule has 162 valence electrons. The van der Waals surface area contributed by atoms with E-state index >= 15 is 0 Å². The third kappa shape index (κ3) is 6.05. The second kappa shape index (κ2) is 9.80. The third-order valence-electron chi connectivity index (χ3n) is 4.19. The number of sulfonamides is 1. The smallest absolute Gasteiger partial charge is 0.288 e. The lowest BCUT2D eigenvalue weighted by atomic mass is 10.2. The van der Waals surface area contributed by atoms with E-state index in [2.05, 4.69) is 26.0 Å². The summed E-state index contributed by atoms with van der Waals surface area (Å²) in [5, 5.41) is 2.69. The van der Waals surface area contributed by atoms with Crippen molar-refractivity contribution in [1.82, 2.24) is 0 Å². The van der Waals surface area contributed by atoms with Crippen LogP contribution in [0.5, 0.6) is 0 Å². The van der Waals surface area contributed by atoms with Crippen molar-refractivity contribution in [3.63, 3.8) is 0 Å². The Hall–Kier alpha value is -2.43. The SMILES string of the molecule is Cc1ccc(NC(=O)c2ccccc2Br)cc1S(=O)(=O)Nc1ccc(SC(F)F)cc1. The largest absolute Gasteiger partial charge is 0.322 e. The fraction of sp³-hybridized carbons (Fsp3) is 0.0952. The summed E-state index contributed by atoms with van der Waals surface area (Å²) in [5.41, 5.74) is 1.44. The number of hydrogen-bond donors (Lipinski definition) is 2. The highest BCUT2D eigenvalue weighted by Crippen LogP contribution is 2.28. The van der Waals surface area contributed by atoms with E-state index in [4.69, 9.17) is 0 Å². The molecule has 3 aromatic rings. The van der Waals surface area contributed by atoms with E-state index < -0.39 is 15.8 Å². The maximum atomic E-state index is 12.9. The maximum Gasteiger partial charge on any atom is 0.288 e. The molecule has 0 radical (unpaired) electrons. The molecule has 0 saturated carbocycles. The minimum Gasteiger partial charge on any atom is -0.322 e. The van der Waals surface area contributed by atoms with Crippen LogP contribution in [0.4, 0.5) is 20.2 Å². The first kappa shape index (κ1) is 23.2. The lowest BCUT2D eigenvalue weighted by Gasteiger charge is -2.13. The van der Waals surface area contributed by atoms with Crippen LogP contribution in [0, 0.1) is 6.92 Å². The van der Waals surface area contributed by atoms with Crippen molar-refractivity contribution < 1.29 is 22.0 Å². The van der Waals surface area contributed by atoms with Crippen LogP contribution in [0.3, 0.4) is 0 Å². The molecule has 0 aliphatic carbocycles. The van der Waals surface area contributed by atoms with Crippen molar-refractivity contribution in [2.24, 2.45) is 0 Å². The lowest BCUT2D eigenvalue weighted by Crippen LogP contribution is -2.16. The number of benzene rings is 3. The quantitative estimate of drug-likeness (QED) is 0.363. The number of halogens is 3. The summed E-state index contributed by atoms with van der Waals surface area (Å²) in [4.78, 5) is 12.8. The number of thioether (sulfide) groups is 1. The fourth-order valence-electron chi connectivity index (χ4n) is 2.73. The summed E-state index contributed by atoms with van der Waals surface area (Å²) in [6, 6.07) is 17.1. The van der Waals surface area contributed by atoms with Gasteiger partial charge in [-0.15, -0.1) is 0 Å². The Bertz CT molecular complexity index is 1200. The van der Waals surface area contributed by atoms with Gasteiger partial charge in [0.15, 0.2) is 0 Å². The Labute approximate surface area is 191 Å². The molecule has 3 rings (SSSR count). The van der Waals surface area contributed by atoms with Crippen LogP contribution >= 0.6 is 27.7 Å². The topological polar surface area (TPSA) is 75.3 Å². The number of carbonyl (C=O) groups excluding carboxylic acids is 1. The Balaban J connectivity index is 1.81. The molecule has 10 heteroatoms. The van der Waals surface area contributed by atoms with Crippen LogP contribution in [0.25, 0.3) is 0 Å². The number of carbonyl (C=O) groups is 1. The van der Waals surface area contributed by atoms with Gasteiger partial charge in [-0.25, -0.2) is 8.42 Å². The summed E-state index contributed by atoms with van der Waals surface area (Å²) < 4.78 is 53.7. The summed E-state index contributed by atoms with van der Waals surface area (Å²) in [6.07, 6.45) is 0. The number of alkyl halides is 2. The number of aryl methyl sites for hydroxylation is 1. The van der Waals surface area contributed by atoms with E-state index in [1.54, 1.807) is 43.3 Å². The predicted molar refractivity (Wildman–Crippen MR) is 122 cm³/mol. The van der Waals surface area contributed by atoms with Crippen molar-refractivity contribution in [3.05, 3.63) is 82.3 Å². The molecule has 0 spiro atoms. The molecule has 3 aromatic carbocycles. The van der Waals surface area contributed by atoms with Crippen molar-refractivity contribution in [2.75, 3.05) is 10.0 Å². The lowest BCUT2D eigenvalue weighted by molar-refractivity contribution is 0.102. The van der Waals surface area contributed by atoms with E-state index in [9.17, 15) is 22.0 Å². The van der Waals surface area contributed by atoms with Gasteiger partial charge >= 0.3 is 0 Å². The second-order valence-electron chi connectivity index (χ2n) is 6.42. The summed E-state index contributed by atoms with van der Waals surface area (Å²) in [6.45, 7) is 1.64. The van der Waals surface area contributed by atoms with Gasteiger partial charge in [-0.3, -0.25) is 9.52 Å². The molecule has 0 bridgehead atoms. The molecule has 1 amide bonds. The molecule has 0 aliphatic heterocycles. The first-order valence-corrected chi connectivity index (χ1v) is 12.1. The molecule has 0 aliphatic rings. The highest BCUT2D eigenvalue weighted by molar-refractivity contribution is 9.10. The third-order valence-corrected chi connectivity index (χ3v) is 7.12. The van der Waals surface area contributed by atoms with Gasteiger partial charge in [-0.1, -0.05) is 30.0 Å². The molecule has 0 aromatic heterocycles. The molecule has 0 atom stereocenters. The van der Waals surface area contributed by atoms with Crippen molar-refractivity contribution >= 4 is 55.0 Å². The van der Waals surface area contributed by atoms with E-state index in [0.29, 0.717) is 37.9 Å². The van der Waals surface area contributed by atoms with Crippen LogP contribution in [0.1, 0.15) is 15.9 Å². The average Bonchev–Trinajstić information content (AvgIpc) is 2.70. The molecule has 0 heterocycles. The van der Waals surface area contributed by atoms with Gasteiger partial charge in [-0.05, 0) is 76.9 Å². The Morgan fingerprint density at radius 3 is 2.29 bits per heavy atom. The molecule has 0 fully saturated rings. The molecule has 5 nitrogen and oxygen atoms in total. The number of amides is 1. The van der Waals surface area contributed by atoms with Crippen LogP contribution in [0.15, 0.2) is 81.0 Å². The van der Waals surface area contributed by atoms with Gasteiger partial charge in [-0.2, -0.15) is 8.78 Å². The number of hydrogen-bond acceptors (Lipinski definition) is 4. The second-order valence-corrected chi connectivity index (χ2v) is 9.99. The standard InChI is InChI=1S/C21H17BrF2N2O3S2/c1-13-6-7-15(25-20(27)17-4-2-3-5-18(17)22)12-19(13)31(28,29)26-14-8-10-16(11-9-14)30-21(23)24/h2-12,21,26H,1H3,(H,25,27). The van der Waals surface area contributed by atoms with Gasteiger partial charge < -0.3 is 5.32 Å². The molecule has 31 heavy (non-hydrogen) atoms. The number of anilines is 2. The van der Waals surface area contributed by atoms with Gasteiger partial charge in [0.05, 0.1) is 10.5 Å². The van der Waals surface area contributed by atoms with Crippen molar-refractivity contribution in [3.8, 4) is 0 Å². The number of nitrogens with one attached hydrogen (secondary N) is 2. The monoisotopic (exact) mass is 526 g/mol. The van der Waals surface area contributed by atoms with E-state index in [0.717, 1.165) is 0 Å². The van der Waals surface area contributed by atoms with Crippen molar-refractivity contribution in [1.29, 1.82) is 0 Å². The first-order chi connectivity index (χ1) is 14.7. The summed E-state index contributed by atoms with van der Waals surface area (Å²) in [5.74, 6) is -2.94. The predicted octanol–water partition coefficient (Wildman–Crippen LogP) is 6.13. The zero-order valence-electron chi connectivity index (χ0n) is 16.1. The minimum absolute atomic E-state index is 0.0107. The summed E-state index contributed by atoms with van der Waals surface area (Å²) >= 11 is 3.69. The van der Waals surface area contributed by atoms with E-state index in [1.165, 1.54) is 30.3 Å². The minimum atomic E-state index is -3.98. The molecule has 0 unspecified atom stereocenters. The Kier molecular flexibility index (Phi) is 7.34. The summed E-state index contributed by atoms with van der Waals surface area (Å²) in [7, 11) is -3.98. The molecular formula is C21H17BrF2N2O3S2. The van der Waals surface area contributed by atoms with Crippen LogP contribution in [-0.4, -0.2) is 20.1 Å². The van der Waals surface area contributed by atoms with Crippen molar-refractivity contribution in [2.45, 2.75) is 22.5 Å². The normalized spacial score (nSPS) is 11.4. The average molecular weight is 527 g/mol. The van der Waals surface area contributed by atoms with Gasteiger partial charge in [0.2, 0.25) is 0 Å². The molecule has 0 saturated heterocycles. The van der Waals surface area contributed by atoms with Gasteiger partial charge in [0, 0.05) is 20.7 Å². The molecule has 2 N–H and O–H groups in total. The Morgan fingerprint density at radius 2 is 1.65 bits per heavy atom. The van der Waals surface area contributed by atoms with Crippen LogP contribution in [-0.2, 0) is 10.0 Å². The Morgan fingerprint density at radius 1 is 1.00 bits per heavy atom. The number of rotatable bonds is 7. The maximum absolute atomic E-state index is 12.9. The highest BCUT2D eigenvalue weighted by Gasteiger charge is 2.19. The van der Waals surface area contributed by atoms with Gasteiger partial charge in [0.1, 0.15) is 0 Å². The first-order valence-electron chi connectivity index (χ1n) is 8.90. The van der Waals surface area contributed by atoms with Gasteiger partial charge in [0.25, 0.3) is 21.7 Å². The molecular weight excluding hydrogens is 510 g/mol. The fourth-order valence-corrected chi connectivity index (χ4v) is 5.02. The zero-order valence-corrected chi connectivity index (χ0v) is 19.3. The van der Waals surface area contributed by atoms with Crippen LogP contribution in [0.2, 0.25) is 0 Å². The van der Waals surface area contributed by atoms with E-state index in [-0.39, 0.29) is 16.5 Å². The highest BCUT2D eigenvalue weighted by atomic mass is 79.9. The van der Waals surface area contributed by atoms with Crippen LogP contribution < -0.4 is 10.0 Å². The zero-order chi connectivity index (χ0) is 22.6.